The first kappa shape index (κ1) is 15.6. The molecule has 1 aromatic carbocycles. The maximum atomic E-state index is 10.3. The Balaban J connectivity index is 2.82. The molecule has 0 aromatic heterocycles. The Kier molecular flexibility index (Phi) is 7.02. The average molecular weight is 260 g/mol. The van der Waals surface area contributed by atoms with Crippen molar-refractivity contribution in [2.24, 2.45) is 0 Å². The van der Waals surface area contributed by atoms with Gasteiger partial charge in [-0.1, -0.05) is 32.4 Å². The van der Waals surface area contributed by atoms with Crippen LogP contribution in [0, 0.1) is 0 Å². The molecule has 1 N–H and O–H groups in total. The Bertz CT molecular complexity index is 425. The van der Waals surface area contributed by atoms with E-state index >= 15 is 0 Å². The van der Waals surface area contributed by atoms with Crippen molar-refractivity contribution in [3.05, 3.63) is 47.2 Å². The molecule has 0 saturated heterocycles. The molecule has 0 aliphatic carbocycles. The highest BCUT2D eigenvalue weighted by molar-refractivity contribution is 5.32. The zero-order valence-corrected chi connectivity index (χ0v) is 12.1. The largest absolute Gasteiger partial charge is 0.497 e. The molecule has 0 fully saturated rings. The van der Waals surface area contributed by atoms with Crippen molar-refractivity contribution in [1.29, 1.82) is 0 Å². The Morgan fingerprint density at radius 1 is 1.32 bits per heavy atom. The molecule has 1 aromatic rings. The maximum Gasteiger partial charge on any atom is 0.118 e. The van der Waals surface area contributed by atoms with E-state index in [1.54, 1.807) is 7.11 Å². The van der Waals surface area contributed by atoms with Crippen LogP contribution in [0.15, 0.2) is 41.6 Å². The van der Waals surface area contributed by atoms with E-state index in [4.69, 9.17) is 4.74 Å². The van der Waals surface area contributed by atoms with Gasteiger partial charge in [0.25, 0.3) is 0 Å². The van der Waals surface area contributed by atoms with Crippen molar-refractivity contribution in [1.82, 2.24) is 0 Å². The van der Waals surface area contributed by atoms with Gasteiger partial charge in [-0.3, -0.25) is 0 Å². The standard InChI is InChI=1S/C17H24O2/c1-4-6-7-8-9-14(5-2)17(18)15-10-12-16(19-3)13-11-15/h8,10-13,17-18H,4-7H2,1-3H3. The highest BCUT2D eigenvalue weighted by atomic mass is 16.5. The zero-order valence-electron chi connectivity index (χ0n) is 12.1. The minimum Gasteiger partial charge on any atom is -0.497 e. The van der Waals surface area contributed by atoms with Crippen molar-refractivity contribution >= 4 is 0 Å². The Labute approximate surface area is 116 Å². The van der Waals surface area contributed by atoms with Crippen LogP contribution in [0.1, 0.15) is 51.2 Å². The van der Waals surface area contributed by atoms with Crippen LogP contribution < -0.4 is 4.74 Å². The molecule has 0 amide bonds. The van der Waals surface area contributed by atoms with E-state index in [1.807, 2.05) is 37.3 Å². The fourth-order valence-corrected chi connectivity index (χ4v) is 1.87. The van der Waals surface area contributed by atoms with E-state index in [1.165, 1.54) is 12.8 Å². The fourth-order valence-electron chi connectivity index (χ4n) is 1.87. The van der Waals surface area contributed by atoms with Gasteiger partial charge in [0.15, 0.2) is 0 Å². The molecule has 104 valence electrons. The van der Waals surface area contributed by atoms with Gasteiger partial charge in [0.05, 0.1) is 7.11 Å². The number of methoxy groups -OCH3 is 1. The first-order chi connectivity index (χ1) is 9.22. The minimum atomic E-state index is -0.575. The van der Waals surface area contributed by atoms with Crippen LogP contribution in [-0.2, 0) is 0 Å². The van der Waals surface area contributed by atoms with Gasteiger partial charge in [-0.25, -0.2) is 0 Å². The van der Waals surface area contributed by atoms with Gasteiger partial charge in [0.1, 0.15) is 11.9 Å². The van der Waals surface area contributed by atoms with Crippen LogP contribution >= 0.6 is 0 Å². The second kappa shape index (κ2) is 8.58. The third-order valence-corrected chi connectivity index (χ3v) is 3.13. The summed E-state index contributed by atoms with van der Waals surface area (Å²) in [4.78, 5) is 0. The Hall–Kier alpha value is -1.50. The van der Waals surface area contributed by atoms with Crippen molar-refractivity contribution < 1.29 is 9.84 Å². The highest BCUT2D eigenvalue weighted by Crippen LogP contribution is 2.24. The van der Waals surface area contributed by atoms with Crippen molar-refractivity contribution in [2.45, 2.75) is 45.6 Å². The molecule has 0 heterocycles. The molecule has 1 atom stereocenters. The second-order valence-corrected chi connectivity index (χ2v) is 4.55. The van der Waals surface area contributed by atoms with E-state index in [2.05, 4.69) is 12.7 Å². The zero-order chi connectivity index (χ0) is 14.1. The lowest BCUT2D eigenvalue weighted by Crippen LogP contribution is -2.00. The summed E-state index contributed by atoms with van der Waals surface area (Å²) < 4.78 is 5.12. The minimum absolute atomic E-state index is 0.575. The van der Waals surface area contributed by atoms with Crippen molar-refractivity contribution in [2.75, 3.05) is 7.11 Å². The number of rotatable bonds is 7. The molecule has 0 bridgehead atoms. The van der Waals surface area contributed by atoms with Crippen LogP contribution in [0.5, 0.6) is 5.75 Å². The first-order valence-electron chi connectivity index (χ1n) is 6.98. The van der Waals surface area contributed by atoms with E-state index in [0.717, 1.165) is 29.7 Å². The lowest BCUT2D eigenvalue weighted by molar-refractivity contribution is 0.212. The van der Waals surface area contributed by atoms with Gasteiger partial charge >= 0.3 is 0 Å². The third kappa shape index (κ3) is 4.94. The molecule has 0 radical (unpaired) electrons. The monoisotopic (exact) mass is 260 g/mol. The first-order valence-corrected chi connectivity index (χ1v) is 6.98. The fraction of sp³-hybridized carbons (Fsp3) is 0.471. The molecule has 0 aliphatic heterocycles. The number of hydrogen-bond acceptors (Lipinski definition) is 2. The SMILES string of the molecule is CCCCC=C=C(CC)C(O)c1ccc(OC)cc1. The Morgan fingerprint density at radius 2 is 2.00 bits per heavy atom. The maximum absolute atomic E-state index is 10.3. The average Bonchev–Trinajstić information content (AvgIpc) is 2.47. The van der Waals surface area contributed by atoms with Gasteiger partial charge < -0.3 is 9.84 Å². The van der Waals surface area contributed by atoms with Crippen LogP contribution in [0.25, 0.3) is 0 Å². The topological polar surface area (TPSA) is 29.5 Å². The second-order valence-electron chi connectivity index (χ2n) is 4.55. The number of ether oxygens (including phenoxy) is 1. The van der Waals surface area contributed by atoms with E-state index in [9.17, 15) is 5.11 Å². The van der Waals surface area contributed by atoms with E-state index in [0.29, 0.717) is 0 Å². The van der Waals surface area contributed by atoms with E-state index < -0.39 is 6.10 Å². The molecule has 1 rings (SSSR count). The number of hydrogen-bond donors (Lipinski definition) is 1. The van der Waals surface area contributed by atoms with Gasteiger partial charge in [-0.2, -0.15) is 0 Å². The van der Waals surface area contributed by atoms with E-state index in [-0.39, 0.29) is 0 Å². The van der Waals surface area contributed by atoms with Crippen molar-refractivity contribution in [3.8, 4) is 5.75 Å². The molecule has 1 unspecified atom stereocenters. The van der Waals surface area contributed by atoms with Gasteiger partial charge in [0, 0.05) is 5.57 Å². The summed E-state index contributed by atoms with van der Waals surface area (Å²) >= 11 is 0. The smallest absolute Gasteiger partial charge is 0.118 e. The van der Waals surface area contributed by atoms with Crippen LogP contribution in [0.3, 0.4) is 0 Å². The molecular formula is C17H24O2. The number of unbranched alkanes of at least 4 members (excludes halogenated alkanes) is 2. The van der Waals surface area contributed by atoms with Crippen LogP contribution in [-0.4, -0.2) is 12.2 Å². The summed E-state index contributed by atoms with van der Waals surface area (Å²) in [7, 11) is 1.64. The third-order valence-electron chi connectivity index (χ3n) is 3.13. The molecular weight excluding hydrogens is 236 g/mol. The molecule has 2 heteroatoms. The predicted octanol–water partition coefficient (Wildman–Crippen LogP) is 4.41. The van der Waals surface area contributed by atoms with Gasteiger partial charge in [-0.05, 0) is 43.0 Å². The summed E-state index contributed by atoms with van der Waals surface area (Å²) in [6, 6.07) is 7.53. The summed E-state index contributed by atoms with van der Waals surface area (Å²) in [6.07, 6.45) is 5.64. The highest BCUT2D eigenvalue weighted by Gasteiger charge is 2.11. The Morgan fingerprint density at radius 3 is 2.53 bits per heavy atom. The van der Waals surface area contributed by atoms with Gasteiger partial charge in [-0.15, -0.1) is 5.73 Å². The summed E-state index contributed by atoms with van der Waals surface area (Å²) in [6.45, 7) is 4.22. The summed E-state index contributed by atoms with van der Waals surface area (Å²) in [5, 5.41) is 10.3. The number of aliphatic hydroxyl groups is 1. The molecule has 0 saturated carbocycles. The number of benzene rings is 1. The quantitative estimate of drug-likeness (QED) is 0.581. The molecule has 2 nitrogen and oxygen atoms in total. The molecule has 19 heavy (non-hydrogen) atoms. The van der Waals surface area contributed by atoms with Crippen LogP contribution in [0.4, 0.5) is 0 Å². The number of aliphatic hydroxyl groups excluding tert-OH is 1. The van der Waals surface area contributed by atoms with Crippen molar-refractivity contribution in [3.63, 3.8) is 0 Å². The summed E-state index contributed by atoms with van der Waals surface area (Å²) in [5.41, 5.74) is 5.06. The normalized spacial score (nSPS) is 11.6. The lowest BCUT2D eigenvalue weighted by atomic mass is 10.00. The van der Waals surface area contributed by atoms with Gasteiger partial charge in [0.2, 0.25) is 0 Å². The molecule has 0 spiro atoms. The van der Waals surface area contributed by atoms with Crippen LogP contribution in [0.2, 0.25) is 0 Å². The molecule has 0 aliphatic rings. The lowest BCUT2D eigenvalue weighted by Gasteiger charge is -2.12. The summed E-state index contributed by atoms with van der Waals surface area (Å²) in [5.74, 6) is 0.802. The predicted molar refractivity (Wildman–Crippen MR) is 79.4 cm³/mol.